The number of nitrogens with one attached hydrogen (secondary N) is 2. The van der Waals surface area contributed by atoms with Crippen LogP contribution in [-0.4, -0.2) is 19.6 Å². The van der Waals surface area contributed by atoms with Crippen LogP contribution in [0, 0.1) is 0 Å². The third kappa shape index (κ3) is 4.05. The van der Waals surface area contributed by atoms with Gasteiger partial charge < -0.3 is 5.11 Å². The Labute approximate surface area is 91.1 Å². The Morgan fingerprint density at radius 2 is 1.80 bits per heavy atom. The molecule has 0 saturated carbocycles. The van der Waals surface area contributed by atoms with Gasteiger partial charge in [0.2, 0.25) is 0 Å². The van der Waals surface area contributed by atoms with E-state index in [9.17, 15) is 13.2 Å². The molecule has 6 nitrogen and oxygen atoms in total. The van der Waals surface area contributed by atoms with Gasteiger partial charge in [0.15, 0.2) is 0 Å². The van der Waals surface area contributed by atoms with Crippen LogP contribution in [0.25, 0.3) is 0 Å². The molecule has 0 aliphatic heterocycles. The van der Waals surface area contributed by atoms with E-state index in [0.29, 0.717) is 5.02 Å². The molecule has 1 aromatic rings. The van der Waals surface area contributed by atoms with Crippen LogP contribution in [0.5, 0.6) is 0 Å². The number of anilines is 1. The van der Waals surface area contributed by atoms with E-state index >= 15 is 0 Å². The normalized spacial score (nSPS) is 10.7. The molecular weight excluding hydrogens is 244 g/mol. The molecule has 15 heavy (non-hydrogen) atoms. The van der Waals surface area contributed by atoms with Crippen molar-refractivity contribution >= 4 is 33.6 Å². The summed E-state index contributed by atoms with van der Waals surface area (Å²) in [5.41, 5.74) is 0.216. The fourth-order valence-electron chi connectivity index (χ4n) is 0.814. The summed E-state index contributed by atoms with van der Waals surface area (Å²) in [6.45, 7) is 0. The number of benzene rings is 1. The third-order valence-electron chi connectivity index (χ3n) is 1.32. The Kier molecular flexibility index (Phi) is 3.38. The molecule has 3 N–H and O–H groups in total. The SMILES string of the molecule is O=C(O)NS(=O)(=O)Nc1ccc(Cl)cc1. The molecule has 0 spiro atoms. The molecule has 0 aliphatic rings. The van der Waals surface area contributed by atoms with Crippen molar-refractivity contribution in [2.24, 2.45) is 0 Å². The number of rotatable bonds is 3. The van der Waals surface area contributed by atoms with Gasteiger partial charge in [0.1, 0.15) is 0 Å². The zero-order valence-corrected chi connectivity index (χ0v) is 8.84. The fraction of sp³-hybridized carbons (Fsp3) is 0. The Bertz CT molecular complexity index is 456. The predicted molar refractivity (Wildman–Crippen MR) is 55.2 cm³/mol. The lowest BCUT2D eigenvalue weighted by Crippen LogP contribution is -2.34. The highest BCUT2D eigenvalue weighted by atomic mass is 35.5. The van der Waals surface area contributed by atoms with Crippen LogP contribution in [0.4, 0.5) is 10.5 Å². The second-order valence-electron chi connectivity index (χ2n) is 2.52. The Hall–Kier alpha value is -1.47. The highest BCUT2D eigenvalue weighted by Crippen LogP contribution is 2.13. The molecule has 0 atom stereocenters. The van der Waals surface area contributed by atoms with E-state index in [4.69, 9.17) is 16.7 Å². The summed E-state index contributed by atoms with van der Waals surface area (Å²) in [5.74, 6) is 0. The van der Waals surface area contributed by atoms with Crippen LogP contribution in [0.1, 0.15) is 0 Å². The van der Waals surface area contributed by atoms with E-state index in [1.165, 1.54) is 29.0 Å². The average molecular weight is 251 g/mol. The van der Waals surface area contributed by atoms with E-state index < -0.39 is 16.3 Å². The molecule has 0 aromatic heterocycles. The summed E-state index contributed by atoms with van der Waals surface area (Å²) < 4.78 is 25.4. The van der Waals surface area contributed by atoms with E-state index in [1.807, 2.05) is 4.72 Å². The van der Waals surface area contributed by atoms with E-state index in [2.05, 4.69) is 0 Å². The van der Waals surface area contributed by atoms with Crippen LogP contribution in [0.15, 0.2) is 24.3 Å². The van der Waals surface area contributed by atoms with Gasteiger partial charge >= 0.3 is 16.3 Å². The number of halogens is 1. The highest BCUT2D eigenvalue weighted by Gasteiger charge is 2.12. The second-order valence-corrected chi connectivity index (χ2v) is 4.37. The van der Waals surface area contributed by atoms with Gasteiger partial charge in [0.25, 0.3) is 0 Å². The zero-order valence-electron chi connectivity index (χ0n) is 7.27. The van der Waals surface area contributed by atoms with Crippen molar-refractivity contribution < 1.29 is 18.3 Å². The maximum atomic E-state index is 11.1. The first-order valence-corrected chi connectivity index (χ1v) is 5.54. The van der Waals surface area contributed by atoms with Gasteiger partial charge in [0, 0.05) is 5.02 Å². The Morgan fingerprint density at radius 1 is 1.27 bits per heavy atom. The molecule has 0 bridgehead atoms. The van der Waals surface area contributed by atoms with Crippen molar-refractivity contribution in [1.29, 1.82) is 0 Å². The smallest absolute Gasteiger partial charge is 0.419 e. The Balaban J connectivity index is 2.78. The molecule has 1 rings (SSSR count). The van der Waals surface area contributed by atoms with Crippen LogP contribution >= 0.6 is 11.6 Å². The average Bonchev–Trinajstić information content (AvgIpc) is 2.06. The molecule has 82 valence electrons. The summed E-state index contributed by atoms with van der Waals surface area (Å²) in [5, 5.41) is 8.67. The number of hydrogen-bond acceptors (Lipinski definition) is 3. The first-order chi connectivity index (χ1) is 6.89. The van der Waals surface area contributed by atoms with Crippen LogP contribution in [0.2, 0.25) is 5.02 Å². The zero-order chi connectivity index (χ0) is 11.5. The van der Waals surface area contributed by atoms with Crippen molar-refractivity contribution in [3.63, 3.8) is 0 Å². The minimum absolute atomic E-state index is 0.216. The van der Waals surface area contributed by atoms with Crippen molar-refractivity contribution in [2.45, 2.75) is 0 Å². The van der Waals surface area contributed by atoms with E-state index in [-0.39, 0.29) is 5.69 Å². The molecule has 0 unspecified atom stereocenters. The summed E-state index contributed by atoms with van der Waals surface area (Å²) >= 11 is 5.58. The summed E-state index contributed by atoms with van der Waals surface area (Å²) in [4.78, 5) is 10.1. The van der Waals surface area contributed by atoms with Crippen molar-refractivity contribution in [3.05, 3.63) is 29.3 Å². The molecule has 0 radical (unpaired) electrons. The standard InChI is InChI=1S/C7H7ClN2O4S/c8-5-1-3-6(4-2-5)9-15(13,14)10-7(11)12/h1-4,9-10H,(H,11,12). The third-order valence-corrected chi connectivity index (χ3v) is 2.52. The number of carboxylic acid groups (broad SMARTS) is 1. The number of amides is 1. The lowest BCUT2D eigenvalue weighted by molar-refractivity contribution is 0.201. The minimum atomic E-state index is -4.09. The van der Waals surface area contributed by atoms with Gasteiger partial charge in [0.05, 0.1) is 5.69 Å². The van der Waals surface area contributed by atoms with E-state index in [1.54, 1.807) is 0 Å². The topological polar surface area (TPSA) is 95.5 Å². The Morgan fingerprint density at radius 3 is 2.27 bits per heavy atom. The van der Waals surface area contributed by atoms with E-state index in [0.717, 1.165) is 0 Å². The van der Waals surface area contributed by atoms with Crippen molar-refractivity contribution in [1.82, 2.24) is 4.72 Å². The van der Waals surface area contributed by atoms with Crippen LogP contribution in [0.3, 0.4) is 0 Å². The maximum Gasteiger partial charge on any atom is 0.419 e. The monoisotopic (exact) mass is 250 g/mol. The fourth-order valence-corrected chi connectivity index (χ4v) is 1.67. The molecule has 0 heterocycles. The van der Waals surface area contributed by atoms with Crippen molar-refractivity contribution in [2.75, 3.05) is 4.72 Å². The molecule has 0 fully saturated rings. The van der Waals surface area contributed by atoms with Gasteiger partial charge in [-0.1, -0.05) is 11.6 Å². The first kappa shape index (κ1) is 11.6. The summed E-state index contributed by atoms with van der Waals surface area (Å²) in [7, 11) is -4.09. The molecule has 0 aliphatic carbocycles. The molecule has 0 saturated heterocycles. The number of carbonyl (C=O) groups is 1. The van der Waals surface area contributed by atoms with Gasteiger partial charge in [-0.2, -0.15) is 8.42 Å². The van der Waals surface area contributed by atoms with Crippen LogP contribution < -0.4 is 9.44 Å². The van der Waals surface area contributed by atoms with Gasteiger partial charge in [-0.25, -0.2) is 9.52 Å². The largest absolute Gasteiger partial charge is 0.464 e. The second kappa shape index (κ2) is 4.37. The summed E-state index contributed by atoms with van der Waals surface area (Å²) in [6, 6.07) is 5.76. The molecular formula is C7H7ClN2O4S. The molecule has 1 amide bonds. The van der Waals surface area contributed by atoms with Gasteiger partial charge in [-0.3, -0.25) is 4.72 Å². The van der Waals surface area contributed by atoms with Gasteiger partial charge in [-0.15, -0.1) is 0 Å². The maximum absolute atomic E-state index is 11.1. The quantitative estimate of drug-likeness (QED) is 0.753. The minimum Gasteiger partial charge on any atom is -0.464 e. The van der Waals surface area contributed by atoms with Crippen LogP contribution in [-0.2, 0) is 10.2 Å². The van der Waals surface area contributed by atoms with Gasteiger partial charge in [-0.05, 0) is 24.3 Å². The molecule has 1 aromatic carbocycles. The lowest BCUT2D eigenvalue weighted by atomic mass is 10.3. The first-order valence-electron chi connectivity index (χ1n) is 3.68. The summed E-state index contributed by atoms with van der Waals surface area (Å²) in [6.07, 6.45) is -1.66. The highest BCUT2D eigenvalue weighted by molar-refractivity contribution is 7.91. The lowest BCUT2D eigenvalue weighted by Gasteiger charge is -2.06. The number of hydrogen-bond donors (Lipinski definition) is 3. The molecule has 8 heteroatoms. The van der Waals surface area contributed by atoms with Crippen molar-refractivity contribution in [3.8, 4) is 0 Å². The predicted octanol–water partition coefficient (Wildman–Crippen LogP) is 1.26.